The lowest BCUT2D eigenvalue weighted by atomic mass is 10.2. The van der Waals surface area contributed by atoms with E-state index in [0.717, 1.165) is 18.7 Å². The predicted molar refractivity (Wildman–Crippen MR) is 77.1 cm³/mol. The van der Waals surface area contributed by atoms with E-state index in [9.17, 15) is 10.1 Å². The number of aromatic nitrogens is 4. The summed E-state index contributed by atoms with van der Waals surface area (Å²) in [5, 5.41) is 24.2. The fourth-order valence-corrected chi connectivity index (χ4v) is 3.09. The van der Waals surface area contributed by atoms with E-state index < -0.39 is 4.92 Å². The van der Waals surface area contributed by atoms with Crippen molar-refractivity contribution >= 4 is 27.7 Å². The maximum Gasteiger partial charge on any atom is 0.271 e. The van der Waals surface area contributed by atoms with Crippen LogP contribution in [0.25, 0.3) is 15.5 Å². The van der Waals surface area contributed by atoms with Crippen molar-refractivity contribution in [2.24, 2.45) is 0 Å². The SMILES string of the molecule is Nc1cc([N+](=O)[O-])ccc1-c1nn2c(C3CC3)nnc2s1. The van der Waals surface area contributed by atoms with Crippen LogP contribution in [0.15, 0.2) is 18.2 Å². The summed E-state index contributed by atoms with van der Waals surface area (Å²) in [6.45, 7) is 0. The van der Waals surface area contributed by atoms with Crippen LogP contribution >= 0.6 is 11.3 Å². The molecule has 0 atom stereocenters. The highest BCUT2D eigenvalue weighted by Gasteiger charge is 2.30. The van der Waals surface area contributed by atoms with Gasteiger partial charge < -0.3 is 5.73 Å². The predicted octanol–water partition coefficient (Wildman–Crippen LogP) is 2.22. The van der Waals surface area contributed by atoms with Gasteiger partial charge in [0.05, 0.1) is 4.92 Å². The molecule has 1 saturated carbocycles. The number of nitrogen functional groups attached to an aromatic ring is 1. The molecular formula is C12H10N6O2S. The van der Waals surface area contributed by atoms with E-state index in [2.05, 4.69) is 15.3 Å². The van der Waals surface area contributed by atoms with Gasteiger partial charge in [0, 0.05) is 29.3 Å². The second kappa shape index (κ2) is 4.22. The van der Waals surface area contributed by atoms with E-state index in [1.165, 1.54) is 23.5 Å². The van der Waals surface area contributed by atoms with Crippen molar-refractivity contribution in [3.63, 3.8) is 0 Å². The van der Waals surface area contributed by atoms with Gasteiger partial charge in [-0.25, -0.2) is 0 Å². The number of nitrogens with zero attached hydrogens (tertiary/aromatic N) is 5. The van der Waals surface area contributed by atoms with E-state index in [1.54, 1.807) is 10.6 Å². The molecule has 2 heterocycles. The monoisotopic (exact) mass is 302 g/mol. The molecule has 0 saturated heterocycles. The quantitative estimate of drug-likeness (QED) is 0.451. The Balaban J connectivity index is 1.80. The summed E-state index contributed by atoms with van der Waals surface area (Å²) in [7, 11) is 0. The molecule has 2 N–H and O–H groups in total. The summed E-state index contributed by atoms with van der Waals surface area (Å²) in [5.74, 6) is 1.33. The molecule has 2 aromatic heterocycles. The van der Waals surface area contributed by atoms with Gasteiger partial charge in [-0.3, -0.25) is 10.1 Å². The number of benzene rings is 1. The van der Waals surface area contributed by atoms with E-state index in [0.29, 0.717) is 27.1 Å². The minimum Gasteiger partial charge on any atom is -0.398 e. The van der Waals surface area contributed by atoms with Gasteiger partial charge in [-0.05, 0) is 18.9 Å². The first-order chi connectivity index (χ1) is 10.1. The summed E-state index contributed by atoms with van der Waals surface area (Å²) >= 11 is 1.37. The minimum atomic E-state index is -0.468. The van der Waals surface area contributed by atoms with Gasteiger partial charge in [0.15, 0.2) is 5.82 Å². The Bertz CT molecular complexity index is 866. The molecule has 0 spiro atoms. The number of hydrogen-bond acceptors (Lipinski definition) is 7. The second-order valence-electron chi connectivity index (χ2n) is 4.96. The minimum absolute atomic E-state index is 0.0297. The van der Waals surface area contributed by atoms with Gasteiger partial charge in [0.1, 0.15) is 5.01 Å². The van der Waals surface area contributed by atoms with Crippen LogP contribution in [0.4, 0.5) is 11.4 Å². The van der Waals surface area contributed by atoms with E-state index in [4.69, 9.17) is 5.73 Å². The fourth-order valence-electron chi connectivity index (χ4n) is 2.20. The molecule has 21 heavy (non-hydrogen) atoms. The number of non-ortho nitro benzene ring substituents is 1. The molecule has 0 aliphatic heterocycles. The average Bonchev–Trinajstić information content (AvgIpc) is 3.08. The number of nitrogens with two attached hydrogens (primary N) is 1. The van der Waals surface area contributed by atoms with Gasteiger partial charge in [-0.2, -0.15) is 9.61 Å². The Hall–Kier alpha value is -2.55. The maximum absolute atomic E-state index is 10.7. The topological polar surface area (TPSA) is 112 Å². The van der Waals surface area contributed by atoms with Gasteiger partial charge >= 0.3 is 0 Å². The third-order valence-corrected chi connectivity index (χ3v) is 4.37. The molecule has 3 aromatic rings. The normalized spacial score (nSPS) is 14.7. The first kappa shape index (κ1) is 12.2. The summed E-state index contributed by atoms with van der Waals surface area (Å²) in [5.41, 5.74) is 6.89. The molecule has 4 rings (SSSR count). The smallest absolute Gasteiger partial charge is 0.271 e. The third kappa shape index (κ3) is 1.93. The molecule has 0 amide bonds. The molecular weight excluding hydrogens is 292 g/mol. The van der Waals surface area contributed by atoms with Crippen molar-refractivity contribution in [2.75, 3.05) is 5.73 Å². The first-order valence-electron chi connectivity index (χ1n) is 6.40. The summed E-state index contributed by atoms with van der Waals surface area (Å²) in [6.07, 6.45) is 2.24. The van der Waals surface area contributed by atoms with Gasteiger partial charge in [0.25, 0.3) is 5.69 Å². The average molecular weight is 302 g/mol. The standard InChI is InChI=1S/C12H10N6O2S/c13-9-5-7(18(19)20)3-4-8(9)11-16-17-10(6-1-2-6)14-15-12(17)21-11/h3-6H,1-2,13H2. The van der Waals surface area contributed by atoms with Gasteiger partial charge in [-0.1, -0.05) is 11.3 Å². The Morgan fingerprint density at radius 3 is 2.86 bits per heavy atom. The highest BCUT2D eigenvalue weighted by molar-refractivity contribution is 7.19. The Kier molecular flexibility index (Phi) is 2.45. The number of nitro groups is 1. The Morgan fingerprint density at radius 1 is 1.38 bits per heavy atom. The molecule has 1 aliphatic carbocycles. The van der Waals surface area contributed by atoms with Crippen LogP contribution in [0.5, 0.6) is 0 Å². The zero-order valence-corrected chi connectivity index (χ0v) is 11.6. The van der Waals surface area contributed by atoms with Crippen LogP contribution < -0.4 is 5.73 Å². The van der Waals surface area contributed by atoms with Crippen LogP contribution in [-0.2, 0) is 0 Å². The number of fused-ring (bicyclic) bond motifs is 1. The molecule has 1 aromatic carbocycles. The highest BCUT2D eigenvalue weighted by Crippen LogP contribution is 2.40. The van der Waals surface area contributed by atoms with E-state index in [-0.39, 0.29) is 5.69 Å². The molecule has 9 heteroatoms. The highest BCUT2D eigenvalue weighted by atomic mass is 32.1. The van der Waals surface area contributed by atoms with Gasteiger partial charge in [0.2, 0.25) is 4.96 Å². The van der Waals surface area contributed by atoms with Crippen LogP contribution in [-0.4, -0.2) is 24.7 Å². The number of nitro benzene ring substituents is 1. The van der Waals surface area contributed by atoms with Gasteiger partial charge in [-0.15, -0.1) is 10.2 Å². The summed E-state index contributed by atoms with van der Waals surface area (Å²) < 4.78 is 1.75. The molecule has 1 fully saturated rings. The number of anilines is 1. The molecule has 106 valence electrons. The van der Waals surface area contributed by atoms with Crippen molar-refractivity contribution in [1.29, 1.82) is 0 Å². The molecule has 8 nitrogen and oxygen atoms in total. The first-order valence-corrected chi connectivity index (χ1v) is 7.21. The molecule has 1 aliphatic rings. The molecule has 0 unspecified atom stereocenters. The number of rotatable bonds is 3. The lowest BCUT2D eigenvalue weighted by molar-refractivity contribution is -0.384. The van der Waals surface area contributed by atoms with Crippen molar-refractivity contribution in [2.45, 2.75) is 18.8 Å². The maximum atomic E-state index is 10.7. The zero-order chi connectivity index (χ0) is 14.6. The van der Waals surface area contributed by atoms with Crippen molar-refractivity contribution in [3.8, 4) is 10.6 Å². The van der Waals surface area contributed by atoms with Crippen LogP contribution in [0, 0.1) is 10.1 Å². The van der Waals surface area contributed by atoms with Crippen LogP contribution in [0.1, 0.15) is 24.6 Å². The van der Waals surface area contributed by atoms with Crippen molar-refractivity contribution < 1.29 is 4.92 Å². The Morgan fingerprint density at radius 2 is 2.19 bits per heavy atom. The lowest BCUT2D eigenvalue weighted by Crippen LogP contribution is -1.96. The fraction of sp³-hybridized carbons (Fsp3) is 0.250. The molecule has 0 radical (unpaired) electrons. The van der Waals surface area contributed by atoms with Crippen LogP contribution in [0.2, 0.25) is 0 Å². The van der Waals surface area contributed by atoms with E-state index >= 15 is 0 Å². The van der Waals surface area contributed by atoms with E-state index in [1.807, 2.05) is 0 Å². The van der Waals surface area contributed by atoms with Crippen molar-refractivity contribution in [3.05, 3.63) is 34.1 Å². The summed E-state index contributed by atoms with van der Waals surface area (Å²) in [6, 6.07) is 4.39. The van der Waals surface area contributed by atoms with Crippen molar-refractivity contribution in [1.82, 2.24) is 19.8 Å². The zero-order valence-electron chi connectivity index (χ0n) is 10.8. The third-order valence-electron chi connectivity index (χ3n) is 3.43. The summed E-state index contributed by atoms with van der Waals surface area (Å²) in [4.78, 5) is 11.0. The number of hydrogen-bond donors (Lipinski definition) is 1. The second-order valence-corrected chi connectivity index (χ2v) is 5.92. The largest absolute Gasteiger partial charge is 0.398 e. The van der Waals surface area contributed by atoms with Crippen LogP contribution in [0.3, 0.4) is 0 Å². The lowest BCUT2D eigenvalue weighted by Gasteiger charge is -2.01. The Labute approximate surface area is 122 Å². The molecule has 0 bridgehead atoms.